The minimum absolute atomic E-state index is 0.140. The molecule has 0 spiro atoms. The number of benzene rings is 1. The van der Waals surface area contributed by atoms with Gasteiger partial charge >= 0.3 is 6.61 Å². The fraction of sp³-hybridized carbons (Fsp3) is 0.167. The van der Waals surface area contributed by atoms with Crippen LogP contribution >= 0.6 is 11.3 Å². The van der Waals surface area contributed by atoms with Gasteiger partial charge in [-0.3, -0.25) is 0 Å². The monoisotopic (exact) mass is 255 g/mol. The third kappa shape index (κ3) is 3.01. The molecule has 2 rings (SSSR count). The molecule has 0 unspecified atom stereocenters. The molecule has 0 aliphatic rings. The van der Waals surface area contributed by atoms with Gasteiger partial charge in [-0.1, -0.05) is 12.1 Å². The summed E-state index contributed by atoms with van der Waals surface area (Å²) in [6, 6.07) is 8.09. The number of nitrogens with two attached hydrogens (primary N) is 1. The lowest BCUT2D eigenvalue weighted by Crippen LogP contribution is -2.10. The van der Waals surface area contributed by atoms with Gasteiger partial charge in [0.25, 0.3) is 0 Å². The van der Waals surface area contributed by atoms with Crippen molar-refractivity contribution in [1.82, 2.24) is 0 Å². The summed E-state index contributed by atoms with van der Waals surface area (Å²) in [4.78, 5) is 0. The molecule has 0 aliphatic carbocycles. The zero-order valence-electron chi connectivity index (χ0n) is 8.85. The second-order valence-electron chi connectivity index (χ2n) is 3.48. The lowest BCUT2D eigenvalue weighted by Gasteiger charge is -2.11. The third-order valence-corrected chi connectivity index (χ3v) is 3.07. The largest absolute Gasteiger partial charge is 0.435 e. The van der Waals surface area contributed by atoms with E-state index in [2.05, 4.69) is 4.74 Å². The molecule has 2 N–H and O–H groups in total. The maximum absolute atomic E-state index is 12.0. The van der Waals surface area contributed by atoms with E-state index in [-0.39, 0.29) is 11.8 Å². The van der Waals surface area contributed by atoms with Gasteiger partial charge in [0, 0.05) is 0 Å². The van der Waals surface area contributed by atoms with Crippen LogP contribution in [0.4, 0.5) is 8.78 Å². The SMILES string of the molecule is N[C@@H](c1ccc(OC(F)F)cc1)c1ccsc1. The summed E-state index contributed by atoms with van der Waals surface area (Å²) in [6.07, 6.45) is 0. The average Bonchev–Trinajstić information content (AvgIpc) is 2.82. The molecule has 90 valence electrons. The normalized spacial score (nSPS) is 12.7. The van der Waals surface area contributed by atoms with Crippen LogP contribution in [0.3, 0.4) is 0 Å². The molecule has 17 heavy (non-hydrogen) atoms. The van der Waals surface area contributed by atoms with E-state index in [9.17, 15) is 8.78 Å². The molecule has 0 amide bonds. The number of rotatable bonds is 4. The number of thiophene rings is 1. The van der Waals surface area contributed by atoms with Crippen molar-refractivity contribution in [2.75, 3.05) is 0 Å². The van der Waals surface area contributed by atoms with Crippen molar-refractivity contribution in [2.45, 2.75) is 12.7 Å². The van der Waals surface area contributed by atoms with Crippen LogP contribution in [0, 0.1) is 0 Å². The maximum atomic E-state index is 12.0. The Labute approximate surface area is 102 Å². The molecule has 0 fully saturated rings. The van der Waals surface area contributed by atoms with E-state index in [4.69, 9.17) is 5.73 Å². The molecule has 2 nitrogen and oxygen atoms in total. The minimum atomic E-state index is -2.80. The molecule has 2 aromatic rings. The zero-order valence-corrected chi connectivity index (χ0v) is 9.66. The Morgan fingerprint density at radius 3 is 2.29 bits per heavy atom. The summed E-state index contributed by atoms with van der Waals surface area (Å²) in [7, 11) is 0. The average molecular weight is 255 g/mol. The molecule has 5 heteroatoms. The van der Waals surface area contributed by atoms with Gasteiger partial charge in [0.15, 0.2) is 0 Å². The summed E-state index contributed by atoms with van der Waals surface area (Å²) in [5.41, 5.74) is 7.91. The van der Waals surface area contributed by atoms with Crippen molar-refractivity contribution in [3.05, 3.63) is 52.2 Å². The molecule has 1 atom stereocenters. The molecule has 0 aliphatic heterocycles. The Hall–Kier alpha value is -1.46. The van der Waals surface area contributed by atoms with Crippen LogP contribution in [0.1, 0.15) is 17.2 Å². The van der Waals surface area contributed by atoms with Gasteiger partial charge in [-0.05, 0) is 40.1 Å². The standard InChI is InChI=1S/C12H11F2NOS/c13-12(14)16-10-3-1-8(2-4-10)11(15)9-5-6-17-7-9/h1-7,11-12H,15H2/t11-/m0/s1. The zero-order chi connectivity index (χ0) is 12.3. The first-order valence-corrected chi connectivity index (χ1v) is 5.93. The van der Waals surface area contributed by atoms with Gasteiger partial charge in [0.05, 0.1) is 6.04 Å². The lowest BCUT2D eigenvalue weighted by atomic mass is 10.0. The predicted molar refractivity (Wildman–Crippen MR) is 63.4 cm³/mol. The predicted octanol–water partition coefficient (Wildman–Crippen LogP) is 3.40. The molecule has 1 heterocycles. The highest BCUT2D eigenvalue weighted by atomic mass is 32.1. The van der Waals surface area contributed by atoms with Crippen molar-refractivity contribution in [2.24, 2.45) is 5.73 Å². The molecular weight excluding hydrogens is 244 g/mol. The van der Waals surface area contributed by atoms with Crippen LogP contribution in [0.5, 0.6) is 5.75 Å². The van der Waals surface area contributed by atoms with Gasteiger partial charge in [-0.2, -0.15) is 20.1 Å². The summed E-state index contributed by atoms with van der Waals surface area (Å²) in [6.45, 7) is -2.80. The first kappa shape index (κ1) is 12.0. The molecule has 0 radical (unpaired) electrons. The van der Waals surface area contributed by atoms with Crippen LogP contribution in [0.2, 0.25) is 0 Å². The van der Waals surface area contributed by atoms with E-state index in [1.54, 1.807) is 23.5 Å². The smallest absolute Gasteiger partial charge is 0.387 e. The van der Waals surface area contributed by atoms with E-state index in [0.29, 0.717) is 0 Å². The van der Waals surface area contributed by atoms with Crippen LogP contribution < -0.4 is 10.5 Å². The highest BCUT2D eigenvalue weighted by Crippen LogP contribution is 2.24. The molecule has 0 saturated heterocycles. The summed E-state index contributed by atoms with van der Waals surface area (Å²) in [5.74, 6) is 0.140. The summed E-state index contributed by atoms with van der Waals surface area (Å²) >= 11 is 1.57. The Balaban J connectivity index is 2.12. The van der Waals surface area contributed by atoms with Crippen LogP contribution in [0.25, 0.3) is 0 Å². The number of hydrogen-bond acceptors (Lipinski definition) is 3. The van der Waals surface area contributed by atoms with Gasteiger partial charge in [-0.15, -0.1) is 0 Å². The number of ether oxygens (including phenoxy) is 1. The summed E-state index contributed by atoms with van der Waals surface area (Å²) in [5, 5.41) is 3.91. The third-order valence-electron chi connectivity index (χ3n) is 2.37. The topological polar surface area (TPSA) is 35.2 Å². The Kier molecular flexibility index (Phi) is 3.71. The quantitative estimate of drug-likeness (QED) is 0.908. The number of alkyl halides is 2. The Bertz CT molecular complexity index is 456. The van der Waals surface area contributed by atoms with Gasteiger partial charge in [0.1, 0.15) is 5.75 Å². The Morgan fingerprint density at radius 2 is 1.76 bits per heavy atom. The maximum Gasteiger partial charge on any atom is 0.387 e. The number of hydrogen-bond donors (Lipinski definition) is 1. The van der Waals surface area contributed by atoms with E-state index >= 15 is 0 Å². The molecule has 0 saturated carbocycles. The molecule has 0 bridgehead atoms. The van der Waals surface area contributed by atoms with Gasteiger partial charge in [0.2, 0.25) is 0 Å². The highest BCUT2D eigenvalue weighted by Gasteiger charge is 2.10. The fourth-order valence-corrected chi connectivity index (χ4v) is 2.20. The van der Waals surface area contributed by atoms with Crippen molar-refractivity contribution in [1.29, 1.82) is 0 Å². The van der Waals surface area contributed by atoms with Crippen LogP contribution in [-0.4, -0.2) is 6.61 Å². The molecular formula is C12H11F2NOS. The summed E-state index contributed by atoms with van der Waals surface area (Å²) < 4.78 is 28.2. The van der Waals surface area contributed by atoms with Crippen LogP contribution in [0.15, 0.2) is 41.1 Å². The first-order chi connectivity index (χ1) is 8.16. The second-order valence-corrected chi connectivity index (χ2v) is 4.26. The Morgan fingerprint density at radius 1 is 1.06 bits per heavy atom. The fourth-order valence-electron chi connectivity index (χ4n) is 1.50. The van der Waals surface area contributed by atoms with E-state index in [1.165, 1.54) is 12.1 Å². The minimum Gasteiger partial charge on any atom is -0.435 e. The van der Waals surface area contributed by atoms with E-state index in [0.717, 1.165) is 11.1 Å². The number of halogens is 2. The second kappa shape index (κ2) is 5.25. The molecule has 1 aromatic carbocycles. The van der Waals surface area contributed by atoms with E-state index in [1.807, 2.05) is 16.8 Å². The molecule has 1 aromatic heterocycles. The van der Waals surface area contributed by atoms with Crippen molar-refractivity contribution < 1.29 is 13.5 Å². The van der Waals surface area contributed by atoms with Crippen molar-refractivity contribution in [3.63, 3.8) is 0 Å². The van der Waals surface area contributed by atoms with Crippen molar-refractivity contribution in [3.8, 4) is 5.75 Å². The van der Waals surface area contributed by atoms with Gasteiger partial charge < -0.3 is 10.5 Å². The van der Waals surface area contributed by atoms with Crippen LogP contribution in [-0.2, 0) is 0 Å². The van der Waals surface area contributed by atoms with Crippen molar-refractivity contribution >= 4 is 11.3 Å². The van der Waals surface area contributed by atoms with E-state index < -0.39 is 6.61 Å². The lowest BCUT2D eigenvalue weighted by molar-refractivity contribution is -0.0498. The van der Waals surface area contributed by atoms with Gasteiger partial charge in [-0.25, -0.2) is 0 Å². The first-order valence-electron chi connectivity index (χ1n) is 4.99. The highest BCUT2D eigenvalue weighted by molar-refractivity contribution is 7.08.